The summed E-state index contributed by atoms with van der Waals surface area (Å²) >= 11 is 0. The van der Waals surface area contributed by atoms with Crippen molar-refractivity contribution in [1.82, 2.24) is 15.5 Å². The highest BCUT2D eigenvalue weighted by molar-refractivity contribution is 5.94. The number of carbonyl (C=O) groups is 1. The molecule has 1 atom stereocenters. The van der Waals surface area contributed by atoms with Gasteiger partial charge in [0, 0.05) is 17.7 Å². The van der Waals surface area contributed by atoms with Crippen molar-refractivity contribution in [3.63, 3.8) is 0 Å². The molecule has 2 heterocycles. The molecule has 1 amide bonds. The van der Waals surface area contributed by atoms with Gasteiger partial charge >= 0.3 is 0 Å². The molecule has 132 valence electrons. The highest BCUT2D eigenvalue weighted by Gasteiger charge is 2.24. The Morgan fingerprint density at radius 1 is 1.28 bits per heavy atom. The molecule has 5 heteroatoms. The van der Waals surface area contributed by atoms with E-state index < -0.39 is 0 Å². The van der Waals surface area contributed by atoms with Gasteiger partial charge in [0.15, 0.2) is 5.69 Å². The number of aromatic nitrogens is 2. The van der Waals surface area contributed by atoms with Crippen LogP contribution >= 0.6 is 0 Å². The van der Waals surface area contributed by atoms with Gasteiger partial charge in [0.05, 0.1) is 19.3 Å². The van der Waals surface area contributed by atoms with Gasteiger partial charge in [0.1, 0.15) is 0 Å². The number of amides is 1. The van der Waals surface area contributed by atoms with Crippen LogP contribution < -0.4 is 5.32 Å². The van der Waals surface area contributed by atoms with Gasteiger partial charge in [-0.15, -0.1) is 0 Å². The van der Waals surface area contributed by atoms with Crippen molar-refractivity contribution in [3.05, 3.63) is 51.8 Å². The van der Waals surface area contributed by atoms with Crippen LogP contribution in [0.5, 0.6) is 0 Å². The van der Waals surface area contributed by atoms with Gasteiger partial charge < -0.3 is 10.1 Å². The molecule has 2 aromatic rings. The summed E-state index contributed by atoms with van der Waals surface area (Å²) in [5, 5.41) is 10.4. The molecule has 1 unspecified atom stereocenters. The predicted octanol–water partition coefficient (Wildman–Crippen LogP) is 3.24. The summed E-state index contributed by atoms with van der Waals surface area (Å²) in [4.78, 5) is 12.8. The van der Waals surface area contributed by atoms with Crippen molar-refractivity contribution in [2.45, 2.75) is 58.1 Å². The number of hydrogen-bond acceptors (Lipinski definition) is 3. The minimum atomic E-state index is -0.118. The summed E-state index contributed by atoms with van der Waals surface area (Å²) in [6.45, 7) is 3.25. The number of benzene rings is 1. The maximum atomic E-state index is 12.8. The number of aryl methyl sites for hydroxylation is 2. The summed E-state index contributed by atoms with van der Waals surface area (Å²) < 4.78 is 5.48. The molecule has 1 aromatic carbocycles. The van der Waals surface area contributed by atoms with E-state index in [0.717, 1.165) is 30.5 Å². The smallest absolute Gasteiger partial charge is 0.272 e. The van der Waals surface area contributed by atoms with Crippen molar-refractivity contribution in [1.29, 1.82) is 0 Å². The number of ether oxygens (including phenoxy) is 1. The van der Waals surface area contributed by atoms with Crippen LogP contribution in [0.2, 0.25) is 0 Å². The van der Waals surface area contributed by atoms with Gasteiger partial charge in [-0.3, -0.25) is 9.89 Å². The number of carbonyl (C=O) groups excluding carboxylic acids is 1. The van der Waals surface area contributed by atoms with Crippen molar-refractivity contribution in [2.24, 2.45) is 0 Å². The second-order valence-electron chi connectivity index (χ2n) is 7.00. The third-order valence-corrected chi connectivity index (χ3v) is 5.40. The SMILES string of the molecule is CCC(NC(=O)c1n[nH]c2c1COCC2)c1ccc2c(c1)CCCC2. The lowest BCUT2D eigenvalue weighted by Crippen LogP contribution is -2.29. The summed E-state index contributed by atoms with van der Waals surface area (Å²) in [5.41, 5.74) is 6.52. The van der Waals surface area contributed by atoms with Crippen LogP contribution in [0.15, 0.2) is 18.2 Å². The molecule has 0 saturated carbocycles. The van der Waals surface area contributed by atoms with Crippen LogP contribution in [0.3, 0.4) is 0 Å². The molecule has 1 aliphatic carbocycles. The van der Waals surface area contributed by atoms with Crippen LogP contribution in [0.25, 0.3) is 0 Å². The lowest BCUT2D eigenvalue weighted by Gasteiger charge is -2.22. The lowest BCUT2D eigenvalue weighted by atomic mass is 9.88. The average Bonchev–Trinajstić information content (AvgIpc) is 3.10. The number of aromatic amines is 1. The fourth-order valence-electron chi connectivity index (χ4n) is 3.92. The van der Waals surface area contributed by atoms with Gasteiger partial charge in [-0.05, 0) is 48.8 Å². The number of nitrogens with one attached hydrogen (secondary N) is 2. The largest absolute Gasteiger partial charge is 0.376 e. The standard InChI is InChI=1S/C20H25N3O2/c1-2-17(15-8-7-13-5-3-4-6-14(13)11-15)21-20(24)19-16-12-25-10-9-18(16)22-23-19/h7-8,11,17H,2-6,9-10,12H2,1H3,(H,21,24)(H,22,23). The first-order chi connectivity index (χ1) is 12.3. The Labute approximate surface area is 148 Å². The van der Waals surface area contributed by atoms with Gasteiger partial charge in [-0.25, -0.2) is 0 Å². The zero-order valence-electron chi connectivity index (χ0n) is 14.7. The highest BCUT2D eigenvalue weighted by Crippen LogP contribution is 2.26. The van der Waals surface area contributed by atoms with Gasteiger partial charge in [0.2, 0.25) is 0 Å². The third-order valence-electron chi connectivity index (χ3n) is 5.40. The molecule has 0 fully saturated rings. The molecule has 2 aliphatic rings. The van der Waals surface area contributed by atoms with Crippen LogP contribution in [-0.2, 0) is 30.6 Å². The summed E-state index contributed by atoms with van der Waals surface area (Å²) in [6, 6.07) is 6.70. The Balaban J connectivity index is 1.54. The van der Waals surface area contributed by atoms with Crippen molar-refractivity contribution >= 4 is 5.91 Å². The number of rotatable bonds is 4. The molecule has 0 saturated heterocycles. The fourth-order valence-corrected chi connectivity index (χ4v) is 3.92. The van der Waals surface area contributed by atoms with E-state index in [1.54, 1.807) is 0 Å². The van der Waals surface area contributed by atoms with E-state index in [4.69, 9.17) is 4.74 Å². The molecule has 4 rings (SSSR count). The van der Waals surface area contributed by atoms with E-state index in [2.05, 4.69) is 40.6 Å². The maximum absolute atomic E-state index is 12.8. The minimum Gasteiger partial charge on any atom is -0.376 e. The molecule has 5 nitrogen and oxygen atoms in total. The van der Waals surface area contributed by atoms with Crippen molar-refractivity contribution < 1.29 is 9.53 Å². The molecular formula is C20H25N3O2. The normalized spacial score (nSPS) is 17.5. The second-order valence-corrected chi connectivity index (χ2v) is 7.00. The molecule has 2 N–H and O–H groups in total. The number of fused-ring (bicyclic) bond motifs is 2. The zero-order valence-corrected chi connectivity index (χ0v) is 14.7. The zero-order chi connectivity index (χ0) is 17.2. The molecule has 1 aromatic heterocycles. The van der Waals surface area contributed by atoms with Crippen LogP contribution in [0, 0.1) is 0 Å². The highest BCUT2D eigenvalue weighted by atomic mass is 16.5. The first kappa shape index (κ1) is 16.3. The molecule has 0 bridgehead atoms. The minimum absolute atomic E-state index is 0.0107. The molecule has 1 aliphatic heterocycles. The van der Waals surface area contributed by atoms with E-state index in [-0.39, 0.29) is 11.9 Å². The Morgan fingerprint density at radius 2 is 2.12 bits per heavy atom. The average molecular weight is 339 g/mol. The van der Waals surface area contributed by atoms with Crippen LogP contribution in [0.4, 0.5) is 0 Å². The maximum Gasteiger partial charge on any atom is 0.272 e. The van der Waals surface area contributed by atoms with Gasteiger partial charge in [0.25, 0.3) is 5.91 Å². The third kappa shape index (κ3) is 3.21. The molecule has 0 spiro atoms. The monoisotopic (exact) mass is 339 g/mol. The Hall–Kier alpha value is -2.14. The predicted molar refractivity (Wildman–Crippen MR) is 95.5 cm³/mol. The second kappa shape index (κ2) is 7.00. The van der Waals surface area contributed by atoms with Crippen LogP contribution in [-0.4, -0.2) is 22.7 Å². The summed E-state index contributed by atoms with van der Waals surface area (Å²) in [6.07, 6.45) is 6.52. The topological polar surface area (TPSA) is 67.0 Å². The summed E-state index contributed by atoms with van der Waals surface area (Å²) in [7, 11) is 0. The Bertz CT molecular complexity index is 781. The van der Waals surface area contributed by atoms with E-state index in [9.17, 15) is 4.79 Å². The number of hydrogen-bond donors (Lipinski definition) is 2. The fraction of sp³-hybridized carbons (Fsp3) is 0.500. The van der Waals surface area contributed by atoms with Gasteiger partial charge in [-0.1, -0.05) is 25.1 Å². The van der Waals surface area contributed by atoms with Crippen molar-refractivity contribution in [2.75, 3.05) is 6.61 Å². The first-order valence-corrected chi connectivity index (χ1v) is 9.32. The molecule has 0 radical (unpaired) electrons. The number of H-pyrrole nitrogens is 1. The lowest BCUT2D eigenvalue weighted by molar-refractivity contribution is 0.0908. The number of nitrogens with zero attached hydrogens (tertiary/aromatic N) is 1. The van der Waals surface area contributed by atoms with Gasteiger partial charge in [-0.2, -0.15) is 5.10 Å². The van der Waals surface area contributed by atoms with Crippen LogP contribution in [0.1, 0.15) is 70.7 Å². The Kier molecular flexibility index (Phi) is 4.57. The molecular weight excluding hydrogens is 314 g/mol. The Morgan fingerprint density at radius 3 is 2.96 bits per heavy atom. The molecule has 25 heavy (non-hydrogen) atoms. The van der Waals surface area contributed by atoms with Crippen molar-refractivity contribution in [3.8, 4) is 0 Å². The quantitative estimate of drug-likeness (QED) is 0.898. The van der Waals surface area contributed by atoms with E-state index in [0.29, 0.717) is 18.9 Å². The first-order valence-electron chi connectivity index (χ1n) is 9.32. The van der Waals surface area contributed by atoms with E-state index >= 15 is 0 Å². The van der Waals surface area contributed by atoms with E-state index in [1.165, 1.54) is 36.0 Å². The summed E-state index contributed by atoms with van der Waals surface area (Å²) in [5.74, 6) is -0.118. The van der Waals surface area contributed by atoms with E-state index in [1.807, 2.05) is 0 Å².